The number of benzene rings is 1. The molecule has 1 saturated heterocycles. The van der Waals surface area contributed by atoms with E-state index < -0.39 is 0 Å². The molecule has 0 radical (unpaired) electrons. The molecule has 7 heteroatoms. The summed E-state index contributed by atoms with van der Waals surface area (Å²) in [6.45, 7) is 7.41. The molecular weight excluding hydrogens is 366 g/mol. The predicted octanol–water partition coefficient (Wildman–Crippen LogP) is 4.26. The van der Waals surface area contributed by atoms with E-state index in [1.54, 1.807) is 12.1 Å². The lowest BCUT2D eigenvalue weighted by atomic mass is 10.0. The number of carbonyl (C=O) groups excluding carboxylic acids is 1. The quantitative estimate of drug-likeness (QED) is 0.826. The number of ether oxygens (including phenoxy) is 2. The molecule has 1 aliphatic heterocycles. The van der Waals surface area contributed by atoms with Gasteiger partial charge in [-0.05, 0) is 55.0 Å². The van der Waals surface area contributed by atoms with Gasteiger partial charge in [0.1, 0.15) is 5.75 Å². The van der Waals surface area contributed by atoms with Crippen molar-refractivity contribution < 1.29 is 14.3 Å². The maximum absolute atomic E-state index is 12.3. The number of hydrogen-bond acceptors (Lipinski definition) is 5. The number of rotatable bonds is 5. The molecular formula is C20H24ClN3O3. The molecule has 6 nitrogen and oxygen atoms in total. The summed E-state index contributed by atoms with van der Waals surface area (Å²) in [4.78, 5) is 12.3. The van der Waals surface area contributed by atoms with Gasteiger partial charge < -0.3 is 14.8 Å². The first-order chi connectivity index (χ1) is 12.9. The van der Waals surface area contributed by atoms with Crippen molar-refractivity contribution in [1.82, 2.24) is 15.5 Å². The highest BCUT2D eigenvalue weighted by Gasteiger charge is 2.18. The fourth-order valence-electron chi connectivity index (χ4n) is 2.93. The van der Waals surface area contributed by atoms with E-state index in [-0.39, 0.29) is 23.6 Å². The van der Waals surface area contributed by atoms with Crippen molar-refractivity contribution in [2.75, 3.05) is 13.2 Å². The molecule has 1 aromatic carbocycles. The minimum Gasteiger partial charge on any atom is -0.437 e. The SMILES string of the molecule is Cc1cc(Cl)c(C(C)C)cc1Oc1ccc(C(=O)NC2CCOCC2)nn1. The minimum absolute atomic E-state index is 0.121. The van der Waals surface area contributed by atoms with E-state index in [0.29, 0.717) is 24.8 Å². The number of nitrogens with one attached hydrogen (secondary N) is 1. The van der Waals surface area contributed by atoms with Crippen LogP contribution in [0.15, 0.2) is 24.3 Å². The Bertz CT molecular complexity index is 803. The summed E-state index contributed by atoms with van der Waals surface area (Å²) in [5.41, 5.74) is 2.19. The highest BCUT2D eigenvalue weighted by Crippen LogP contribution is 2.33. The number of carbonyl (C=O) groups is 1. The third kappa shape index (κ3) is 4.96. The molecule has 1 N–H and O–H groups in total. The Labute approximate surface area is 164 Å². The molecule has 1 aromatic heterocycles. The van der Waals surface area contributed by atoms with Crippen LogP contribution >= 0.6 is 11.6 Å². The van der Waals surface area contributed by atoms with Gasteiger partial charge in [-0.1, -0.05) is 25.4 Å². The smallest absolute Gasteiger partial charge is 0.272 e. The van der Waals surface area contributed by atoms with Crippen LogP contribution in [0.1, 0.15) is 54.2 Å². The van der Waals surface area contributed by atoms with Crippen molar-refractivity contribution in [2.24, 2.45) is 0 Å². The number of hydrogen-bond donors (Lipinski definition) is 1. The van der Waals surface area contributed by atoms with Crippen LogP contribution in [0.3, 0.4) is 0 Å². The molecule has 2 aromatic rings. The van der Waals surface area contributed by atoms with E-state index >= 15 is 0 Å². The molecule has 1 aliphatic rings. The molecule has 0 aliphatic carbocycles. The van der Waals surface area contributed by atoms with Gasteiger partial charge in [0.05, 0.1) is 0 Å². The van der Waals surface area contributed by atoms with Crippen LogP contribution in [0.25, 0.3) is 0 Å². The summed E-state index contributed by atoms with van der Waals surface area (Å²) in [6.07, 6.45) is 1.63. The Hall–Kier alpha value is -2.18. The molecule has 1 fully saturated rings. The van der Waals surface area contributed by atoms with E-state index in [4.69, 9.17) is 21.1 Å². The molecule has 144 valence electrons. The van der Waals surface area contributed by atoms with Gasteiger partial charge in [-0.2, -0.15) is 0 Å². The normalized spacial score (nSPS) is 15.0. The van der Waals surface area contributed by atoms with E-state index in [0.717, 1.165) is 29.0 Å². The number of nitrogens with zero attached hydrogens (tertiary/aromatic N) is 2. The van der Waals surface area contributed by atoms with Crippen LogP contribution in [0.4, 0.5) is 0 Å². The lowest BCUT2D eigenvalue weighted by Crippen LogP contribution is -2.39. The maximum atomic E-state index is 12.3. The van der Waals surface area contributed by atoms with Gasteiger partial charge in [0.2, 0.25) is 5.88 Å². The van der Waals surface area contributed by atoms with Gasteiger partial charge in [-0.25, -0.2) is 0 Å². The average Bonchev–Trinajstić information content (AvgIpc) is 2.65. The second-order valence-electron chi connectivity index (χ2n) is 7.01. The van der Waals surface area contributed by atoms with Crippen LogP contribution in [-0.4, -0.2) is 35.4 Å². The van der Waals surface area contributed by atoms with Crippen molar-refractivity contribution >= 4 is 17.5 Å². The fraction of sp³-hybridized carbons (Fsp3) is 0.450. The first-order valence-electron chi connectivity index (χ1n) is 9.14. The molecule has 1 amide bonds. The van der Waals surface area contributed by atoms with Crippen LogP contribution in [0.2, 0.25) is 5.02 Å². The van der Waals surface area contributed by atoms with E-state index in [2.05, 4.69) is 29.4 Å². The van der Waals surface area contributed by atoms with Crippen molar-refractivity contribution in [2.45, 2.75) is 45.6 Å². The van der Waals surface area contributed by atoms with E-state index in [1.807, 2.05) is 19.1 Å². The molecule has 0 atom stereocenters. The second-order valence-corrected chi connectivity index (χ2v) is 7.42. The molecule has 0 saturated carbocycles. The van der Waals surface area contributed by atoms with Gasteiger partial charge in [0.25, 0.3) is 5.91 Å². The van der Waals surface area contributed by atoms with Crippen LogP contribution in [0.5, 0.6) is 11.6 Å². The number of halogens is 1. The highest BCUT2D eigenvalue weighted by atomic mass is 35.5. The van der Waals surface area contributed by atoms with Gasteiger partial charge in [0.15, 0.2) is 5.69 Å². The van der Waals surface area contributed by atoms with Crippen LogP contribution < -0.4 is 10.1 Å². The Balaban J connectivity index is 1.69. The summed E-state index contributed by atoms with van der Waals surface area (Å²) in [7, 11) is 0. The third-order valence-electron chi connectivity index (χ3n) is 4.56. The Kier molecular flexibility index (Phi) is 6.29. The third-order valence-corrected chi connectivity index (χ3v) is 4.89. The maximum Gasteiger partial charge on any atom is 0.272 e. The summed E-state index contributed by atoms with van der Waals surface area (Å²) >= 11 is 6.30. The number of amides is 1. The Morgan fingerprint density at radius 2 is 2.00 bits per heavy atom. The van der Waals surface area contributed by atoms with E-state index in [9.17, 15) is 4.79 Å². The summed E-state index contributed by atoms with van der Waals surface area (Å²) in [5.74, 6) is 1.06. The molecule has 27 heavy (non-hydrogen) atoms. The molecule has 0 spiro atoms. The first-order valence-corrected chi connectivity index (χ1v) is 9.52. The standard InChI is InChI=1S/C20H24ClN3O3/c1-12(2)15-11-18(13(3)10-16(15)21)27-19-5-4-17(23-24-19)20(25)22-14-6-8-26-9-7-14/h4-5,10-12,14H,6-9H2,1-3H3,(H,22,25). The zero-order valence-corrected chi connectivity index (χ0v) is 16.5. The largest absolute Gasteiger partial charge is 0.437 e. The van der Waals surface area contributed by atoms with Gasteiger partial charge >= 0.3 is 0 Å². The average molecular weight is 390 g/mol. The zero-order chi connectivity index (χ0) is 19.4. The Morgan fingerprint density at radius 1 is 1.26 bits per heavy atom. The van der Waals surface area contributed by atoms with Gasteiger partial charge in [0, 0.05) is 30.3 Å². The molecule has 0 unspecified atom stereocenters. The van der Waals surface area contributed by atoms with Crippen molar-refractivity contribution in [1.29, 1.82) is 0 Å². The minimum atomic E-state index is -0.231. The van der Waals surface area contributed by atoms with Crippen molar-refractivity contribution in [3.8, 4) is 11.6 Å². The number of aryl methyl sites for hydroxylation is 1. The fourth-order valence-corrected chi connectivity index (χ4v) is 3.37. The zero-order valence-electron chi connectivity index (χ0n) is 15.8. The molecule has 2 heterocycles. The summed E-state index contributed by atoms with van der Waals surface area (Å²) in [5, 5.41) is 11.7. The lowest BCUT2D eigenvalue weighted by Gasteiger charge is -2.22. The van der Waals surface area contributed by atoms with Crippen LogP contribution in [0, 0.1) is 6.92 Å². The molecule has 3 rings (SSSR count). The lowest BCUT2D eigenvalue weighted by molar-refractivity contribution is 0.0693. The topological polar surface area (TPSA) is 73.3 Å². The number of aromatic nitrogens is 2. The summed E-state index contributed by atoms with van der Waals surface area (Å²) < 4.78 is 11.2. The van der Waals surface area contributed by atoms with Crippen LogP contribution in [-0.2, 0) is 4.74 Å². The second kappa shape index (κ2) is 8.67. The van der Waals surface area contributed by atoms with Crippen molar-refractivity contribution in [3.63, 3.8) is 0 Å². The van der Waals surface area contributed by atoms with Crippen molar-refractivity contribution in [3.05, 3.63) is 46.1 Å². The Morgan fingerprint density at radius 3 is 2.63 bits per heavy atom. The molecule has 0 bridgehead atoms. The summed E-state index contributed by atoms with van der Waals surface area (Å²) in [6, 6.07) is 7.20. The van der Waals surface area contributed by atoms with E-state index in [1.165, 1.54) is 0 Å². The van der Waals surface area contributed by atoms with Gasteiger partial charge in [-0.15, -0.1) is 10.2 Å². The highest BCUT2D eigenvalue weighted by molar-refractivity contribution is 6.31. The monoisotopic (exact) mass is 389 g/mol. The van der Waals surface area contributed by atoms with Gasteiger partial charge in [-0.3, -0.25) is 4.79 Å². The predicted molar refractivity (Wildman–Crippen MR) is 104 cm³/mol. The first kappa shape index (κ1) is 19.6.